The molecule has 0 aromatic carbocycles. The van der Waals surface area contributed by atoms with Crippen LogP contribution in [0.5, 0.6) is 0 Å². The Balaban J connectivity index is 2.20. The average Bonchev–Trinajstić information content (AvgIpc) is 2.46. The van der Waals surface area contributed by atoms with Crippen LogP contribution in [0.3, 0.4) is 0 Å². The van der Waals surface area contributed by atoms with Crippen molar-refractivity contribution in [3.8, 4) is 0 Å². The second-order valence-corrected chi connectivity index (χ2v) is 16.3. The van der Waals surface area contributed by atoms with Crippen molar-refractivity contribution >= 4 is 42.6 Å². The van der Waals surface area contributed by atoms with Crippen molar-refractivity contribution in [1.82, 2.24) is 0 Å². The summed E-state index contributed by atoms with van der Waals surface area (Å²) in [7, 11) is -1.48. The standard InChI is InChI=1S/C20H29IO4Si/c1-18(2)12-11-14(21)20(25-17(12)24)13(18)7-8-19(3,15(20)16(22)23)9-10-26(4,5)6/h9-13,15H,7-8H2,1-6H3,(H,22,23)/b10-9+/t12-,13+,15+,19-,20+/m0/s1. The van der Waals surface area contributed by atoms with E-state index in [-0.39, 0.29) is 23.2 Å². The molecule has 2 bridgehead atoms. The first-order valence-corrected chi connectivity index (χ1v) is 14.0. The monoisotopic (exact) mass is 488 g/mol. The highest BCUT2D eigenvalue weighted by Gasteiger charge is 2.71. The first-order valence-electron chi connectivity index (χ1n) is 9.29. The Morgan fingerprint density at radius 1 is 1.35 bits per heavy atom. The van der Waals surface area contributed by atoms with E-state index in [1.165, 1.54) is 0 Å². The van der Waals surface area contributed by atoms with Crippen molar-refractivity contribution in [3.63, 3.8) is 0 Å². The van der Waals surface area contributed by atoms with Gasteiger partial charge in [-0.15, -0.1) is 0 Å². The van der Waals surface area contributed by atoms with E-state index in [4.69, 9.17) is 4.74 Å². The van der Waals surface area contributed by atoms with Crippen molar-refractivity contribution in [2.45, 2.75) is 58.9 Å². The van der Waals surface area contributed by atoms with Gasteiger partial charge in [-0.25, -0.2) is 0 Å². The molecule has 0 aromatic heterocycles. The largest absolute Gasteiger partial charge is 0.481 e. The van der Waals surface area contributed by atoms with Gasteiger partial charge in [0.15, 0.2) is 5.60 Å². The van der Waals surface area contributed by atoms with Crippen LogP contribution in [0.4, 0.5) is 0 Å². The fourth-order valence-electron chi connectivity index (χ4n) is 5.31. The number of hydrogen-bond acceptors (Lipinski definition) is 3. The summed E-state index contributed by atoms with van der Waals surface area (Å²) in [5.41, 5.74) is 0.366. The third-order valence-electron chi connectivity index (χ3n) is 6.70. The summed E-state index contributed by atoms with van der Waals surface area (Å²) in [6.45, 7) is 12.9. The second kappa shape index (κ2) is 5.93. The first-order chi connectivity index (χ1) is 11.8. The SMILES string of the molecule is CC1(C)[C@H]2CC[C@@](C)(/C=C/[Si](C)(C)C)[C@@H](C(=O)O)[C@@]23OC(=O)[C@@H]1C=C3I. The lowest BCUT2D eigenvalue weighted by Crippen LogP contribution is -2.70. The molecule has 2 aliphatic heterocycles. The molecule has 1 saturated carbocycles. The molecule has 1 N–H and O–H groups in total. The highest BCUT2D eigenvalue weighted by molar-refractivity contribution is 14.1. The number of allylic oxidation sites excluding steroid dienone is 1. The smallest absolute Gasteiger partial charge is 0.314 e. The van der Waals surface area contributed by atoms with Crippen LogP contribution in [0.15, 0.2) is 21.4 Å². The van der Waals surface area contributed by atoms with Crippen LogP contribution in [0.1, 0.15) is 33.6 Å². The highest BCUT2D eigenvalue weighted by Crippen LogP contribution is 2.67. The summed E-state index contributed by atoms with van der Waals surface area (Å²) in [4.78, 5) is 25.2. The van der Waals surface area contributed by atoms with Crippen molar-refractivity contribution in [2.24, 2.45) is 28.6 Å². The van der Waals surface area contributed by atoms with E-state index in [0.717, 1.165) is 16.4 Å². The van der Waals surface area contributed by atoms with E-state index in [9.17, 15) is 14.7 Å². The number of carboxylic acid groups (broad SMARTS) is 1. The molecule has 4 aliphatic rings. The highest BCUT2D eigenvalue weighted by atomic mass is 127. The van der Waals surface area contributed by atoms with Gasteiger partial charge in [0, 0.05) is 14.9 Å². The van der Waals surface area contributed by atoms with Gasteiger partial charge < -0.3 is 9.84 Å². The van der Waals surface area contributed by atoms with Gasteiger partial charge in [0.1, 0.15) is 5.92 Å². The third-order valence-corrected chi connectivity index (χ3v) is 9.07. The molecule has 2 fully saturated rings. The Morgan fingerprint density at radius 2 is 1.96 bits per heavy atom. The maximum atomic E-state index is 12.7. The fraction of sp³-hybridized carbons (Fsp3) is 0.700. The summed E-state index contributed by atoms with van der Waals surface area (Å²) in [6, 6.07) is 0. The van der Waals surface area contributed by atoms with Gasteiger partial charge >= 0.3 is 11.9 Å². The fourth-order valence-corrected chi connectivity index (χ4v) is 7.35. The number of fused-ring (bicyclic) bond motifs is 1. The van der Waals surface area contributed by atoms with Gasteiger partial charge in [-0.3, -0.25) is 9.59 Å². The number of hydrogen-bond donors (Lipinski definition) is 1. The number of carbonyl (C=O) groups excluding carboxylic acids is 1. The van der Waals surface area contributed by atoms with Gasteiger partial charge in [-0.1, -0.05) is 58.3 Å². The van der Waals surface area contributed by atoms with Crippen LogP contribution in [-0.4, -0.2) is 30.7 Å². The quantitative estimate of drug-likeness (QED) is 0.352. The van der Waals surface area contributed by atoms with E-state index in [0.29, 0.717) is 0 Å². The number of esters is 1. The number of carboxylic acids is 1. The molecule has 6 heteroatoms. The summed E-state index contributed by atoms with van der Waals surface area (Å²) < 4.78 is 6.90. The number of carbonyl (C=O) groups is 2. The molecule has 4 nitrogen and oxygen atoms in total. The van der Waals surface area contributed by atoms with Crippen molar-refractivity contribution in [2.75, 3.05) is 0 Å². The summed E-state index contributed by atoms with van der Waals surface area (Å²) >= 11 is 2.22. The van der Waals surface area contributed by atoms with Gasteiger partial charge in [0.25, 0.3) is 0 Å². The zero-order valence-corrected chi connectivity index (χ0v) is 19.6. The van der Waals surface area contributed by atoms with E-state index in [2.05, 4.69) is 67.9 Å². The normalized spacial score (nSPS) is 41.6. The maximum absolute atomic E-state index is 12.7. The lowest BCUT2D eigenvalue weighted by atomic mass is 9.46. The Hall–Kier alpha value is -0.633. The molecule has 0 aromatic rings. The van der Waals surface area contributed by atoms with Crippen LogP contribution >= 0.6 is 22.6 Å². The lowest BCUT2D eigenvalue weighted by molar-refractivity contribution is -0.230. The Morgan fingerprint density at radius 3 is 2.50 bits per heavy atom. The average molecular weight is 488 g/mol. The summed E-state index contributed by atoms with van der Waals surface area (Å²) in [5.74, 6) is -2.16. The molecule has 0 radical (unpaired) electrons. The van der Waals surface area contributed by atoms with Crippen LogP contribution in [-0.2, 0) is 14.3 Å². The molecule has 1 spiro atoms. The molecule has 4 rings (SSSR count). The molecule has 144 valence electrons. The lowest BCUT2D eigenvalue weighted by Gasteiger charge is -2.64. The second-order valence-electron chi connectivity index (χ2n) is 10.1. The van der Waals surface area contributed by atoms with Gasteiger partial charge in [-0.2, -0.15) is 0 Å². The zero-order valence-electron chi connectivity index (χ0n) is 16.4. The van der Waals surface area contributed by atoms with Crippen LogP contribution < -0.4 is 0 Å². The molecular weight excluding hydrogens is 459 g/mol. The molecule has 2 aliphatic carbocycles. The van der Waals surface area contributed by atoms with E-state index in [1.807, 2.05) is 13.0 Å². The molecule has 0 amide bonds. The molecule has 2 heterocycles. The molecule has 0 unspecified atom stereocenters. The van der Waals surface area contributed by atoms with Gasteiger partial charge in [0.2, 0.25) is 0 Å². The topological polar surface area (TPSA) is 63.6 Å². The zero-order chi connectivity index (χ0) is 19.7. The minimum atomic E-state index is -1.48. The molecule has 26 heavy (non-hydrogen) atoms. The maximum Gasteiger partial charge on any atom is 0.314 e. The minimum absolute atomic E-state index is 0.0315. The van der Waals surface area contributed by atoms with E-state index < -0.39 is 31.0 Å². The van der Waals surface area contributed by atoms with Crippen LogP contribution in [0.2, 0.25) is 19.6 Å². The number of halogens is 1. The summed E-state index contributed by atoms with van der Waals surface area (Å²) in [6.07, 6.45) is 5.75. The molecule has 1 saturated heterocycles. The Labute approximate surface area is 170 Å². The van der Waals surface area contributed by atoms with Gasteiger partial charge in [-0.05, 0) is 40.8 Å². The Kier molecular flexibility index (Phi) is 4.59. The predicted octanol–water partition coefficient (Wildman–Crippen LogP) is 4.81. The Bertz CT molecular complexity index is 720. The van der Waals surface area contributed by atoms with Crippen LogP contribution in [0.25, 0.3) is 0 Å². The number of rotatable bonds is 3. The van der Waals surface area contributed by atoms with E-state index in [1.54, 1.807) is 0 Å². The number of aliphatic carboxylic acids is 1. The molecular formula is C20H29IO4Si. The number of ether oxygens (including phenoxy) is 1. The van der Waals surface area contributed by atoms with Crippen LogP contribution in [0, 0.1) is 28.6 Å². The van der Waals surface area contributed by atoms with Crippen molar-refractivity contribution in [1.29, 1.82) is 0 Å². The van der Waals surface area contributed by atoms with Crippen molar-refractivity contribution < 1.29 is 19.4 Å². The van der Waals surface area contributed by atoms with Crippen molar-refractivity contribution in [3.05, 3.63) is 21.4 Å². The predicted molar refractivity (Wildman–Crippen MR) is 113 cm³/mol. The van der Waals surface area contributed by atoms with Gasteiger partial charge in [0.05, 0.1) is 14.0 Å². The third kappa shape index (κ3) is 2.74. The minimum Gasteiger partial charge on any atom is -0.481 e. The molecule has 5 atom stereocenters. The first kappa shape index (κ1) is 20.1. The summed E-state index contributed by atoms with van der Waals surface area (Å²) in [5, 5.41) is 10.3. The van der Waals surface area contributed by atoms with E-state index >= 15 is 0 Å².